The van der Waals surface area contributed by atoms with Crippen LogP contribution in [0.3, 0.4) is 0 Å². The summed E-state index contributed by atoms with van der Waals surface area (Å²) in [5, 5.41) is 5.19. The van der Waals surface area contributed by atoms with Gasteiger partial charge >= 0.3 is 0 Å². The van der Waals surface area contributed by atoms with E-state index in [4.69, 9.17) is 0 Å². The summed E-state index contributed by atoms with van der Waals surface area (Å²) in [6.07, 6.45) is 10.2. The van der Waals surface area contributed by atoms with Gasteiger partial charge in [-0.3, -0.25) is 14.6 Å². The Morgan fingerprint density at radius 2 is 1.88 bits per heavy atom. The van der Waals surface area contributed by atoms with Gasteiger partial charge in [-0.15, -0.1) is 0 Å². The molecule has 1 aromatic carbocycles. The molecule has 0 fully saturated rings. The van der Waals surface area contributed by atoms with Gasteiger partial charge in [0.1, 0.15) is 0 Å². The van der Waals surface area contributed by atoms with Gasteiger partial charge in [0.15, 0.2) is 0 Å². The molecule has 0 unspecified atom stereocenters. The number of benzene rings is 1. The van der Waals surface area contributed by atoms with Crippen molar-refractivity contribution >= 4 is 33.7 Å². The first-order valence-corrected chi connectivity index (χ1v) is 10.1. The molecule has 138 valence electrons. The van der Waals surface area contributed by atoms with Crippen molar-refractivity contribution in [1.82, 2.24) is 10.3 Å². The summed E-state index contributed by atoms with van der Waals surface area (Å²) in [7, 11) is 0. The molecule has 0 aliphatic heterocycles. The molecular formula is C21H26N2O2S. The monoisotopic (exact) mass is 370 g/mol. The van der Waals surface area contributed by atoms with Crippen LogP contribution in [-0.2, 0) is 4.79 Å². The first kappa shape index (κ1) is 20.2. The summed E-state index contributed by atoms with van der Waals surface area (Å²) < 4.78 is 0. The summed E-state index contributed by atoms with van der Waals surface area (Å²) >= 11 is 0.999. The molecule has 5 heteroatoms. The molecule has 1 amide bonds. The largest absolute Gasteiger partial charge is 0.353 e. The zero-order valence-corrected chi connectivity index (χ0v) is 16.1. The molecule has 0 bridgehead atoms. The highest BCUT2D eigenvalue weighted by atomic mass is 32.2. The Bertz CT molecular complexity index is 759. The van der Waals surface area contributed by atoms with E-state index in [1.807, 2.05) is 30.3 Å². The summed E-state index contributed by atoms with van der Waals surface area (Å²) in [6.45, 7) is 2.88. The van der Waals surface area contributed by atoms with Gasteiger partial charge in [0.05, 0.1) is 5.52 Å². The van der Waals surface area contributed by atoms with E-state index >= 15 is 0 Å². The van der Waals surface area contributed by atoms with E-state index in [2.05, 4.69) is 17.2 Å². The van der Waals surface area contributed by atoms with Crippen molar-refractivity contribution in [2.24, 2.45) is 0 Å². The van der Waals surface area contributed by atoms with Gasteiger partial charge < -0.3 is 5.32 Å². The third kappa shape index (κ3) is 7.00. The van der Waals surface area contributed by atoms with Gasteiger partial charge in [-0.2, -0.15) is 0 Å². The number of hydrogen-bond acceptors (Lipinski definition) is 4. The molecule has 0 aliphatic rings. The fourth-order valence-electron chi connectivity index (χ4n) is 2.58. The molecule has 2 rings (SSSR count). The van der Waals surface area contributed by atoms with E-state index in [0.29, 0.717) is 12.1 Å². The lowest BCUT2D eigenvalue weighted by Gasteiger charge is -2.02. The van der Waals surface area contributed by atoms with Crippen LogP contribution in [0.5, 0.6) is 0 Å². The third-order valence-corrected chi connectivity index (χ3v) is 4.77. The van der Waals surface area contributed by atoms with Crippen LogP contribution in [0.1, 0.15) is 55.8 Å². The standard InChI is InChI=1S/C21H26N2O2S/c1-2-3-4-5-6-9-13-22-20(24)12-14-26-21(25)18-15-17-10-7-8-11-19(17)23-16-18/h7-8,10-12,14-16H,2-6,9,13H2,1H3,(H,22,24). The van der Waals surface area contributed by atoms with Crippen LogP contribution in [0, 0.1) is 0 Å². The maximum atomic E-state index is 12.2. The second-order valence-electron chi connectivity index (χ2n) is 6.18. The number of hydrogen-bond donors (Lipinski definition) is 1. The molecule has 0 saturated carbocycles. The van der Waals surface area contributed by atoms with Crippen molar-refractivity contribution in [1.29, 1.82) is 0 Å². The number of nitrogens with one attached hydrogen (secondary N) is 1. The van der Waals surface area contributed by atoms with Crippen molar-refractivity contribution < 1.29 is 9.59 Å². The van der Waals surface area contributed by atoms with Crippen molar-refractivity contribution in [3.8, 4) is 0 Å². The predicted octanol–water partition coefficient (Wildman–Crippen LogP) is 5.10. The van der Waals surface area contributed by atoms with E-state index < -0.39 is 0 Å². The lowest BCUT2D eigenvalue weighted by atomic mass is 10.1. The molecule has 0 spiro atoms. The Kier molecular flexibility index (Phi) is 8.90. The lowest BCUT2D eigenvalue weighted by molar-refractivity contribution is -0.116. The Balaban J connectivity index is 1.69. The van der Waals surface area contributed by atoms with Crippen LogP contribution >= 0.6 is 11.8 Å². The zero-order chi connectivity index (χ0) is 18.6. The molecule has 0 saturated heterocycles. The SMILES string of the molecule is CCCCCCCCNC(=O)C=CSC(=O)c1cnc2ccccc2c1. The lowest BCUT2D eigenvalue weighted by Crippen LogP contribution is -2.21. The second-order valence-corrected chi connectivity index (χ2v) is 7.06. The number of aromatic nitrogens is 1. The van der Waals surface area contributed by atoms with E-state index in [9.17, 15) is 9.59 Å². The van der Waals surface area contributed by atoms with Crippen LogP contribution in [0.25, 0.3) is 10.9 Å². The Morgan fingerprint density at radius 1 is 1.12 bits per heavy atom. The number of pyridine rings is 1. The molecule has 1 heterocycles. The average molecular weight is 371 g/mol. The number of unbranched alkanes of at least 4 members (excludes halogenated alkanes) is 5. The van der Waals surface area contributed by atoms with Crippen molar-refractivity contribution in [2.45, 2.75) is 45.4 Å². The van der Waals surface area contributed by atoms with E-state index in [1.54, 1.807) is 6.20 Å². The topological polar surface area (TPSA) is 59.1 Å². The van der Waals surface area contributed by atoms with Gasteiger partial charge in [-0.1, -0.05) is 69.0 Å². The predicted molar refractivity (Wildman–Crippen MR) is 109 cm³/mol. The van der Waals surface area contributed by atoms with Crippen LogP contribution < -0.4 is 5.32 Å². The molecule has 0 aliphatic carbocycles. The van der Waals surface area contributed by atoms with Gasteiger partial charge in [-0.25, -0.2) is 0 Å². The minimum Gasteiger partial charge on any atom is -0.353 e. The number of fused-ring (bicyclic) bond motifs is 1. The number of nitrogens with zero attached hydrogens (tertiary/aromatic N) is 1. The van der Waals surface area contributed by atoms with Crippen LogP contribution in [0.4, 0.5) is 0 Å². The molecule has 26 heavy (non-hydrogen) atoms. The van der Waals surface area contributed by atoms with Crippen molar-refractivity contribution in [3.63, 3.8) is 0 Å². The molecule has 0 atom stereocenters. The summed E-state index contributed by atoms with van der Waals surface area (Å²) in [5.74, 6) is -0.157. The normalized spacial score (nSPS) is 11.1. The number of thioether (sulfide) groups is 1. The Morgan fingerprint density at radius 3 is 2.73 bits per heavy atom. The second kappa shape index (κ2) is 11.5. The highest BCUT2D eigenvalue weighted by molar-refractivity contribution is 8.16. The Hall–Kier alpha value is -2.14. The fourth-order valence-corrected chi connectivity index (χ4v) is 3.15. The van der Waals surface area contributed by atoms with E-state index in [0.717, 1.165) is 35.5 Å². The van der Waals surface area contributed by atoms with Crippen LogP contribution in [0.2, 0.25) is 0 Å². The maximum Gasteiger partial charge on any atom is 0.244 e. The smallest absolute Gasteiger partial charge is 0.244 e. The molecule has 4 nitrogen and oxygen atoms in total. The zero-order valence-electron chi connectivity index (χ0n) is 15.2. The highest BCUT2D eigenvalue weighted by Crippen LogP contribution is 2.17. The quantitative estimate of drug-likeness (QED) is 0.467. The van der Waals surface area contributed by atoms with E-state index in [-0.39, 0.29) is 11.0 Å². The minimum atomic E-state index is -0.157. The van der Waals surface area contributed by atoms with Crippen molar-refractivity contribution in [2.75, 3.05) is 6.54 Å². The molecular weight excluding hydrogens is 344 g/mol. The molecule has 2 aromatic rings. The van der Waals surface area contributed by atoms with Crippen LogP contribution in [-0.4, -0.2) is 22.6 Å². The fraction of sp³-hybridized carbons (Fsp3) is 0.381. The number of rotatable bonds is 10. The number of carbonyl (C=O) groups excluding carboxylic acids is 2. The van der Waals surface area contributed by atoms with Gasteiger partial charge in [0.25, 0.3) is 0 Å². The van der Waals surface area contributed by atoms with Crippen LogP contribution in [0.15, 0.2) is 48.0 Å². The molecule has 1 N–H and O–H groups in total. The number of carbonyl (C=O) groups is 2. The third-order valence-electron chi connectivity index (χ3n) is 4.05. The minimum absolute atomic E-state index is 0.122. The highest BCUT2D eigenvalue weighted by Gasteiger charge is 2.07. The molecule has 0 radical (unpaired) electrons. The summed E-state index contributed by atoms with van der Waals surface area (Å²) in [6, 6.07) is 9.49. The first-order chi connectivity index (χ1) is 12.7. The Labute approximate surface area is 159 Å². The molecule has 1 aromatic heterocycles. The average Bonchev–Trinajstić information content (AvgIpc) is 2.66. The number of para-hydroxylation sites is 1. The first-order valence-electron chi connectivity index (χ1n) is 9.21. The van der Waals surface area contributed by atoms with Gasteiger partial charge in [-0.05, 0) is 24.0 Å². The van der Waals surface area contributed by atoms with Crippen molar-refractivity contribution in [3.05, 3.63) is 53.6 Å². The van der Waals surface area contributed by atoms with Gasteiger partial charge in [0.2, 0.25) is 11.0 Å². The van der Waals surface area contributed by atoms with Gasteiger partial charge in [0, 0.05) is 29.8 Å². The number of amides is 1. The maximum absolute atomic E-state index is 12.2. The summed E-state index contributed by atoms with van der Waals surface area (Å²) in [5.41, 5.74) is 1.39. The van der Waals surface area contributed by atoms with E-state index in [1.165, 1.54) is 37.2 Å². The summed E-state index contributed by atoms with van der Waals surface area (Å²) in [4.78, 5) is 28.2.